The van der Waals surface area contributed by atoms with Crippen molar-refractivity contribution in [2.75, 3.05) is 24.1 Å². The number of aromatic amines is 1. The number of hydrogen-bond donors (Lipinski definition) is 3. The van der Waals surface area contributed by atoms with Gasteiger partial charge in [0.05, 0.1) is 5.69 Å². The van der Waals surface area contributed by atoms with Gasteiger partial charge < -0.3 is 5.32 Å². The van der Waals surface area contributed by atoms with E-state index in [9.17, 15) is 18.5 Å². The van der Waals surface area contributed by atoms with Gasteiger partial charge in [0.15, 0.2) is 0 Å². The number of nitriles is 1. The van der Waals surface area contributed by atoms with Crippen LogP contribution in [0.3, 0.4) is 0 Å². The lowest BCUT2D eigenvalue weighted by atomic mass is 10.1. The fourth-order valence-electron chi connectivity index (χ4n) is 2.45. The van der Waals surface area contributed by atoms with Gasteiger partial charge in [-0.05, 0) is 36.4 Å². The minimum Gasteiger partial charge on any atom is -0.326 e. The Morgan fingerprint density at radius 2 is 1.67 bits per heavy atom. The van der Waals surface area contributed by atoms with Gasteiger partial charge in [-0.15, -0.1) is 0 Å². The second kappa shape index (κ2) is 8.54. The van der Waals surface area contributed by atoms with E-state index in [4.69, 9.17) is 11.6 Å². The maximum absolute atomic E-state index is 12.4. The minimum absolute atomic E-state index is 0.147. The van der Waals surface area contributed by atoms with Crippen LogP contribution in [0, 0.1) is 11.3 Å². The van der Waals surface area contributed by atoms with E-state index in [1.54, 1.807) is 36.4 Å². The number of rotatable bonds is 6. The molecule has 9 nitrogen and oxygen atoms in total. The summed E-state index contributed by atoms with van der Waals surface area (Å²) in [5.41, 5.74) is 0.862. The van der Waals surface area contributed by atoms with Gasteiger partial charge in [0, 0.05) is 36.1 Å². The average Bonchev–Trinajstić information content (AvgIpc) is 2.69. The third-order valence-corrected chi connectivity index (χ3v) is 5.73. The molecule has 0 aliphatic carbocycles. The molecule has 3 rings (SSSR count). The Balaban J connectivity index is 1.96. The van der Waals surface area contributed by atoms with Crippen LogP contribution in [-0.2, 0) is 10.2 Å². The van der Waals surface area contributed by atoms with E-state index in [1.807, 2.05) is 6.07 Å². The maximum Gasteiger partial charge on any atom is 0.301 e. The van der Waals surface area contributed by atoms with Crippen molar-refractivity contribution >= 4 is 39.1 Å². The number of benzene rings is 2. The Labute approximate surface area is 178 Å². The van der Waals surface area contributed by atoms with E-state index >= 15 is 0 Å². The zero-order valence-corrected chi connectivity index (χ0v) is 17.5. The lowest BCUT2D eigenvalue weighted by Crippen LogP contribution is -2.28. The lowest BCUT2D eigenvalue weighted by Gasteiger charge is -2.14. The molecule has 30 heavy (non-hydrogen) atoms. The van der Waals surface area contributed by atoms with Crippen LogP contribution in [0.1, 0.15) is 5.56 Å². The first kappa shape index (κ1) is 21.3. The summed E-state index contributed by atoms with van der Waals surface area (Å²) in [5.74, 6) is 0.147. The molecular formula is C19H17ClN6O3S. The molecule has 0 spiro atoms. The normalized spacial score (nSPS) is 11.2. The van der Waals surface area contributed by atoms with Gasteiger partial charge in [0.2, 0.25) is 5.95 Å². The third-order valence-electron chi connectivity index (χ3n) is 4.02. The van der Waals surface area contributed by atoms with Crippen molar-refractivity contribution in [1.29, 1.82) is 5.26 Å². The highest BCUT2D eigenvalue weighted by Crippen LogP contribution is 2.24. The first-order valence-corrected chi connectivity index (χ1v) is 10.4. The molecule has 11 heteroatoms. The van der Waals surface area contributed by atoms with Crippen LogP contribution < -0.4 is 15.6 Å². The van der Waals surface area contributed by atoms with Gasteiger partial charge >= 0.3 is 10.2 Å². The van der Waals surface area contributed by atoms with Crippen molar-refractivity contribution in [3.8, 4) is 17.3 Å². The summed E-state index contributed by atoms with van der Waals surface area (Å²) in [6.45, 7) is 0. The predicted molar refractivity (Wildman–Crippen MR) is 116 cm³/mol. The first-order chi connectivity index (χ1) is 14.2. The number of halogens is 1. The molecule has 0 saturated carbocycles. The molecule has 3 aromatic rings. The minimum atomic E-state index is -3.65. The highest BCUT2D eigenvalue weighted by Gasteiger charge is 2.16. The second-order valence-electron chi connectivity index (χ2n) is 6.35. The summed E-state index contributed by atoms with van der Waals surface area (Å²) < 4.78 is 27.3. The van der Waals surface area contributed by atoms with Crippen LogP contribution in [0.2, 0.25) is 5.02 Å². The number of nitrogens with zero attached hydrogens (tertiary/aromatic N) is 3. The molecule has 0 saturated heterocycles. The second-order valence-corrected chi connectivity index (χ2v) is 8.67. The van der Waals surface area contributed by atoms with Gasteiger partial charge in [0.1, 0.15) is 11.6 Å². The SMILES string of the molecule is CN(C)S(=O)(=O)Nc1ccc(-c2nc(Nc3ccc(Cl)cc3)[nH]c(=O)c2C#N)cc1. The van der Waals surface area contributed by atoms with E-state index in [0.717, 1.165) is 4.31 Å². The van der Waals surface area contributed by atoms with E-state index in [2.05, 4.69) is 20.0 Å². The molecule has 0 fully saturated rings. The number of H-pyrrole nitrogens is 1. The van der Waals surface area contributed by atoms with E-state index < -0.39 is 15.8 Å². The van der Waals surface area contributed by atoms with Crippen LogP contribution in [0.25, 0.3) is 11.3 Å². The van der Waals surface area contributed by atoms with E-state index in [-0.39, 0.29) is 17.2 Å². The Bertz CT molecular complexity index is 1260. The Morgan fingerprint density at radius 1 is 1.07 bits per heavy atom. The summed E-state index contributed by atoms with van der Waals surface area (Å²) in [6, 6.07) is 14.8. The first-order valence-electron chi connectivity index (χ1n) is 8.57. The summed E-state index contributed by atoms with van der Waals surface area (Å²) in [4.78, 5) is 19.2. The maximum atomic E-state index is 12.4. The van der Waals surface area contributed by atoms with Gasteiger partial charge in [-0.1, -0.05) is 23.7 Å². The Kier molecular flexibility index (Phi) is 6.07. The predicted octanol–water partition coefficient (Wildman–Crippen LogP) is 2.92. The smallest absolute Gasteiger partial charge is 0.301 e. The van der Waals surface area contributed by atoms with Crippen molar-refractivity contribution in [3.63, 3.8) is 0 Å². The molecule has 2 aromatic carbocycles. The number of hydrogen-bond acceptors (Lipinski definition) is 6. The van der Waals surface area contributed by atoms with Gasteiger partial charge in [-0.25, -0.2) is 4.98 Å². The molecule has 0 atom stereocenters. The molecule has 0 radical (unpaired) electrons. The van der Waals surface area contributed by atoms with Crippen LogP contribution >= 0.6 is 11.6 Å². The summed E-state index contributed by atoms with van der Waals surface area (Å²) in [5, 5.41) is 12.9. The Morgan fingerprint density at radius 3 is 2.23 bits per heavy atom. The average molecular weight is 445 g/mol. The van der Waals surface area contributed by atoms with Crippen molar-refractivity contribution in [2.45, 2.75) is 0 Å². The molecule has 3 N–H and O–H groups in total. The van der Waals surface area contributed by atoms with Crippen molar-refractivity contribution in [3.05, 3.63) is 69.5 Å². The van der Waals surface area contributed by atoms with Crippen LogP contribution in [0.4, 0.5) is 17.3 Å². The number of anilines is 3. The molecule has 0 amide bonds. The van der Waals surface area contributed by atoms with Crippen molar-refractivity contribution < 1.29 is 8.42 Å². The standard InChI is InChI=1S/C19H17ClN6O3S/c1-26(2)30(28,29)25-15-7-3-12(4-8-15)17-16(11-21)18(27)24-19(23-17)22-14-9-5-13(20)6-10-14/h3-10,25H,1-2H3,(H2,22,23,24,27). The zero-order chi connectivity index (χ0) is 21.9. The summed E-state index contributed by atoms with van der Waals surface area (Å²) in [6.07, 6.45) is 0. The molecule has 0 aliphatic heterocycles. The molecule has 0 bridgehead atoms. The lowest BCUT2D eigenvalue weighted by molar-refractivity contribution is 0.527. The fourth-order valence-corrected chi connectivity index (χ4v) is 3.19. The largest absolute Gasteiger partial charge is 0.326 e. The molecule has 1 heterocycles. The van der Waals surface area contributed by atoms with Crippen LogP contribution in [-0.4, -0.2) is 36.8 Å². The van der Waals surface area contributed by atoms with E-state index in [0.29, 0.717) is 22.0 Å². The number of nitrogens with one attached hydrogen (secondary N) is 3. The third kappa shape index (κ3) is 4.77. The zero-order valence-electron chi connectivity index (χ0n) is 16.0. The van der Waals surface area contributed by atoms with Crippen molar-refractivity contribution in [1.82, 2.24) is 14.3 Å². The van der Waals surface area contributed by atoms with Gasteiger partial charge in [-0.2, -0.15) is 18.0 Å². The summed E-state index contributed by atoms with van der Waals surface area (Å²) >= 11 is 5.87. The topological polar surface area (TPSA) is 131 Å². The molecular weight excluding hydrogens is 428 g/mol. The highest BCUT2D eigenvalue weighted by molar-refractivity contribution is 7.90. The van der Waals surface area contributed by atoms with Crippen molar-refractivity contribution in [2.24, 2.45) is 0 Å². The fraction of sp³-hybridized carbons (Fsp3) is 0.105. The van der Waals surface area contributed by atoms with Crippen LogP contribution in [0.15, 0.2) is 53.3 Å². The molecule has 1 aromatic heterocycles. The summed E-state index contributed by atoms with van der Waals surface area (Å²) in [7, 11) is -0.836. The molecule has 0 aliphatic rings. The van der Waals surface area contributed by atoms with E-state index in [1.165, 1.54) is 26.2 Å². The van der Waals surface area contributed by atoms with Gasteiger partial charge in [-0.3, -0.25) is 14.5 Å². The monoisotopic (exact) mass is 444 g/mol. The molecule has 154 valence electrons. The van der Waals surface area contributed by atoms with Gasteiger partial charge in [0.25, 0.3) is 5.56 Å². The highest BCUT2D eigenvalue weighted by atomic mass is 35.5. The van der Waals surface area contributed by atoms with Crippen LogP contribution in [0.5, 0.6) is 0 Å². The quantitative estimate of drug-likeness (QED) is 0.535. The Hall–Kier alpha value is -3.39. The number of aromatic nitrogens is 2. The molecule has 0 unspecified atom stereocenters.